The molecule has 4 atom stereocenters. The molecule has 0 aliphatic rings. The van der Waals surface area contributed by atoms with Crippen LogP contribution in [0.25, 0.3) is 0 Å². The van der Waals surface area contributed by atoms with E-state index in [-0.39, 0.29) is 31.4 Å². The van der Waals surface area contributed by atoms with E-state index in [0.29, 0.717) is 0 Å². The lowest BCUT2D eigenvalue weighted by Gasteiger charge is -2.24. The Morgan fingerprint density at radius 1 is 0.697 bits per heavy atom. The third kappa shape index (κ3) is 12.3. The Kier molecular flexibility index (Phi) is 13.1. The minimum absolute atomic E-state index is 0.0456. The molecule has 15 nitrogen and oxygen atoms in total. The van der Waals surface area contributed by atoms with Crippen molar-refractivity contribution < 1.29 is 38.7 Å². The maximum absolute atomic E-state index is 12.7. The molecule has 12 N–H and O–H groups in total. The number of carbonyl (C=O) groups excluding carboxylic acids is 6. The third-order valence-electron chi connectivity index (χ3n) is 4.18. The van der Waals surface area contributed by atoms with Crippen molar-refractivity contribution in [2.45, 2.75) is 56.3 Å². The Balaban J connectivity index is 5.60. The SMILES string of the molecule is NC(=O)CCC(NC(=O)C(N)CS)C(=O)NC(CCC(N)=O)C(=O)NC(CC(N)=O)C(=O)O. The van der Waals surface area contributed by atoms with E-state index in [1.807, 2.05) is 5.32 Å². The number of thiol groups is 1. The highest BCUT2D eigenvalue weighted by molar-refractivity contribution is 7.80. The highest BCUT2D eigenvalue weighted by Gasteiger charge is 2.31. The zero-order chi connectivity index (χ0) is 25.7. The van der Waals surface area contributed by atoms with E-state index < -0.39 is 72.0 Å². The average molecular weight is 492 g/mol. The topological polar surface area (TPSA) is 280 Å². The maximum atomic E-state index is 12.7. The molecule has 0 saturated carbocycles. The molecule has 0 heterocycles. The summed E-state index contributed by atoms with van der Waals surface area (Å²) in [6.45, 7) is 0. The number of carboxylic acid groups (broad SMARTS) is 1. The van der Waals surface area contributed by atoms with Gasteiger partial charge < -0.3 is 44.0 Å². The second-order valence-corrected chi connectivity index (χ2v) is 7.36. The Bertz CT molecular complexity index is 778. The second-order valence-electron chi connectivity index (χ2n) is 6.99. The molecule has 0 radical (unpaired) electrons. The number of amides is 6. The molecule has 33 heavy (non-hydrogen) atoms. The van der Waals surface area contributed by atoms with Gasteiger partial charge >= 0.3 is 5.97 Å². The van der Waals surface area contributed by atoms with Gasteiger partial charge in [0.25, 0.3) is 0 Å². The molecule has 0 spiro atoms. The van der Waals surface area contributed by atoms with Gasteiger partial charge in [-0.05, 0) is 12.8 Å². The zero-order valence-corrected chi connectivity index (χ0v) is 18.5. The summed E-state index contributed by atoms with van der Waals surface area (Å²) in [4.78, 5) is 81.9. The predicted molar refractivity (Wildman–Crippen MR) is 116 cm³/mol. The number of carboxylic acids is 1. The van der Waals surface area contributed by atoms with Gasteiger partial charge in [-0.15, -0.1) is 0 Å². The van der Waals surface area contributed by atoms with E-state index in [4.69, 9.17) is 28.0 Å². The molecule has 0 bridgehead atoms. The number of nitrogens with two attached hydrogens (primary N) is 4. The smallest absolute Gasteiger partial charge is 0.326 e. The standard InChI is InChI=1S/C17H29N7O8S/c18-7(6-33)14(28)22-8(1-3-11(19)25)15(29)23-9(2-4-12(20)26)16(30)24-10(17(31)32)5-13(21)27/h7-10,33H,1-6,18H2,(H2,19,25)(H2,20,26)(H2,21,27)(H,22,28)(H,23,29)(H,24,30)(H,31,32). The molecule has 0 aromatic heterocycles. The van der Waals surface area contributed by atoms with Crippen molar-refractivity contribution in [2.75, 3.05) is 5.75 Å². The van der Waals surface area contributed by atoms with Crippen LogP contribution in [0.2, 0.25) is 0 Å². The first kappa shape index (κ1) is 29.6. The summed E-state index contributed by atoms with van der Waals surface area (Å²) in [5.41, 5.74) is 20.7. The predicted octanol–water partition coefficient (Wildman–Crippen LogP) is -4.81. The molecular formula is C17H29N7O8S. The van der Waals surface area contributed by atoms with E-state index in [2.05, 4.69) is 23.3 Å². The van der Waals surface area contributed by atoms with Crippen LogP contribution in [0.5, 0.6) is 0 Å². The molecule has 0 rings (SSSR count). The first-order valence-electron chi connectivity index (χ1n) is 9.63. The number of hydrogen-bond donors (Lipinski definition) is 9. The normalized spacial score (nSPS) is 14.1. The van der Waals surface area contributed by atoms with Gasteiger partial charge in [-0.25, -0.2) is 4.79 Å². The third-order valence-corrected chi connectivity index (χ3v) is 4.57. The largest absolute Gasteiger partial charge is 0.480 e. The number of carbonyl (C=O) groups is 7. The fraction of sp³-hybridized carbons (Fsp3) is 0.588. The fourth-order valence-electron chi connectivity index (χ4n) is 2.42. The summed E-state index contributed by atoms with van der Waals surface area (Å²) in [6.07, 6.45) is -1.96. The molecule has 0 fully saturated rings. The Morgan fingerprint density at radius 2 is 1.09 bits per heavy atom. The first-order chi connectivity index (χ1) is 15.3. The van der Waals surface area contributed by atoms with Gasteiger partial charge in [0.05, 0.1) is 12.5 Å². The van der Waals surface area contributed by atoms with Gasteiger partial charge in [0.15, 0.2) is 0 Å². The summed E-state index contributed by atoms with van der Waals surface area (Å²) in [7, 11) is 0. The summed E-state index contributed by atoms with van der Waals surface area (Å²) in [6, 6.07) is -5.59. The van der Waals surface area contributed by atoms with E-state index >= 15 is 0 Å². The molecule has 0 aromatic rings. The Hall–Kier alpha value is -3.40. The quantitative estimate of drug-likeness (QED) is 0.0935. The van der Waals surface area contributed by atoms with Gasteiger partial charge in [0.1, 0.15) is 18.1 Å². The van der Waals surface area contributed by atoms with Crippen LogP contribution in [0.4, 0.5) is 0 Å². The molecular weight excluding hydrogens is 462 g/mol. The highest BCUT2D eigenvalue weighted by Crippen LogP contribution is 2.04. The summed E-state index contributed by atoms with van der Waals surface area (Å²) < 4.78 is 0. The molecule has 4 unspecified atom stereocenters. The van der Waals surface area contributed by atoms with Crippen LogP contribution in [0.15, 0.2) is 0 Å². The van der Waals surface area contributed by atoms with Gasteiger partial charge in [-0.2, -0.15) is 12.6 Å². The van der Waals surface area contributed by atoms with Crippen molar-refractivity contribution in [3.05, 3.63) is 0 Å². The van der Waals surface area contributed by atoms with Crippen LogP contribution in [0.1, 0.15) is 32.1 Å². The summed E-state index contributed by atoms with van der Waals surface area (Å²) in [5, 5.41) is 15.7. The minimum Gasteiger partial charge on any atom is -0.480 e. The molecule has 0 aliphatic heterocycles. The van der Waals surface area contributed by atoms with E-state index in [0.717, 1.165) is 0 Å². The second kappa shape index (κ2) is 14.6. The van der Waals surface area contributed by atoms with Crippen LogP contribution in [-0.2, 0) is 33.6 Å². The zero-order valence-electron chi connectivity index (χ0n) is 17.6. The van der Waals surface area contributed by atoms with Crippen molar-refractivity contribution in [3.8, 4) is 0 Å². The minimum atomic E-state index is -1.69. The van der Waals surface area contributed by atoms with Crippen molar-refractivity contribution in [3.63, 3.8) is 0 Å². The van der Waals surface area contributed by atoms with Crippen molar-refractivity contribution in [1.29, 1.82) is 0 Å². The number of hydrogen-bond acceptors (Lipinski definition) is 9. The van der Waals surface area contributed by atoms with Crippen LogP contribution in [0.3, 0.4) is 0 Å². The maximum Gasteiger partial charge on any atom is 0.326 e. The summed E-state index contributed by atoms with van der Waals surface area (Å²) in [5.74, 6) is -6.94. The highest BCUT2D eigenvalue weighted by atomic mass is 32.1. The lowest BCUT2D eigenvalue weighted by molar-refractivity contribution is -0.144. The Morgan fingerprint density at radius 3 is 1.42 bits per heavy atom. The van der Waals surface area contributed by atoms with Crippen LogP contribution < -0.4 is 38.9 Å². The molecule has 0 aromatic carbocycles. The van der Waals surface area contributed by atoms with Crippen molar-refractivity contribution in [1.82, 2.24) is 16.0 Å². The molecule has 186 valence electrons. The average Bonchev–Trinajstić information content (AvgIpc) is 2.71. The van der Waals surface area contributed by atoms with E-state index in [1.54, 1.807) is 0 Å². The van der Waals surface area contributed by atoms with E-state index in [1.165, 1.54) is 0 Å². The fourth-order valence-corrected chi connectivity index (χ4v) is 2.58. The van der Waals surface area contributed by atoms with Gasteiger partial charge in [-0.1, -0.05) is 0 Å². The molecule has 0 aliphatic carbocycles. The molecule has 0 saturated heterocycles. The Labute approximate surface area is 194 Å². The monoisotopic (exact) mass is 491 g/mol. The van der Waals surface area contributed by atoms with E-state index in [9.17, 15) is 33.6 Å². The molecule has 16 heteroatoms. The van der Waals surface area contributed by atoms with Crippen LogP contribution in [-0.4, -0.2) is 76.4 Å². The lowest BCUT2D eigenvalue weighted by atomic mass is 10.1. The van der Waals surface area contributed by atoms with Crippen molar-refractivity contribution >= 4 is 54.0 Å². The summed E-state index contributed by atoms with van der Waals surface area (Å²) >= 11 is 3.88. The van der Waals surface area contributed by atoms with Crippen LogP contribution in [0, 0.1) is 0 Å². The van der Waals surface area contributed by atoms with Crippen LogP contribution >= 0.6 is 12.6 Å². The van der Waals surface area contributed by atoms with Crippen molar-refractivity contribution in [2.24, 2.45) is 22.9 Å². The molecule has 6 amide bonds. The number of primary amides is 3. The number of rotatable bonds is 16. The number of nitrogens with one attached hydrogen (secondary N) is 3. The van der Waals surface area contributed by atoms with Gasteiger partial charge in [0, 0.05) is 18.6 Å². The number of aliphatic carboxylic acids is 1. The van der Waals surface area contributed by atoms with Gasteiger partial charge in [0.2, 0.25) is 35.4 Å². The first-order valence-corrected chi connectivity index (χ1v) is 10.3. The lowest BCUT2D eigenvalue weighted by Crippen LogP contribution is -2.57. The van der Waals surface area contributed by atoms with Gasteiger partial charge in [-0.3, -0.25) is 28.8 Å².